The van der Waals surface area contributed by atoms with Gasteiger partial charge >= 0.3 is 0 Å². The zero-order chi connectivity index (χ0) is 20.6. The Balaban J connectivity index is 1.48. The number of benzene rings is 2. The van der Waals surface area contributed by atoms with Crippen molar-refractivity contribution in [3.05, 3.63) is 83.7 Å². The van der Waals surface area contributed by atoms with Crippen molar-refractivity contribution in [2.45, 2.75) is 39.8 Å². The van der Waals surface area contributed by atoms with Crippen LogP contribution in [0.2, 0.25) is 0 Å². The molecule has 0 saturated carbocycles. The number of amides is 1. The summed E-state index contributed by atoms with van der Waals surface area (Å²) in [7, 11) is 0. The molecule has 0 aliphatic carbocycles. The number of carbonyl (C=O) groups is 1. The minimum atomic E-state index is -0.0269. The summed E-state index contributed by atoms with van der Waals surface area (Å²) in [5, 5.41) is 7.24. The minimum absolute atomic E-state index is 0.0269. The molecule has 0 fully saturated rings. The van der Waals surface area contributed by atoms with Gasteiger partial charge in [-0.05, 0) is 68.3 Å². The Bertz CT molecular complexity index is 884. The number of hydrogen-bond donors (Lipinski definition) is 1. The van der Waals surface area contributed by atoms with E-state index in [1.165, 1.54) is 11.1 Å². The maximum atomic E-state index is 12.4. The summed E-state index contributed by atoms with van der Waals surface area (Å²) in [4.78, 5) is 14.8. The molecule has 29 heavy (non-hydrogen) atoms. The van der Waals surface area contributed by atoms with Gasteiger partial charge in [-0.15, -0.1) is 0 Å². The molecule has 0 aliphatic heterocycles. The maximum absolute atomic E-state index is 12.4. The predicted molar refractivity (Wildman–Crippen MR) is 117 cm³/mol. The minimum Gasteiger partial charge on any atom is -0.352 e. The fourth-order valence-corrected chi connectivity index (χ4v) is 3.31. The quantitative estimate of drug-likeness (QED) is 0.599. The SMILES string of the molecule is CCN(Cc1ccc(C(=O)NCCc2ccc(-n3cccn3)cc2)cc1)C(C)C. The van der Waals surface area contributed by atoms with Gasteiger partial charge in [0.25, 0.3) is 5.91 Å². The third kappa shape index (κ3) is 5.78. The predicted octanol–water partition coefficient (Wildman–Crippen LogP) is 4.08. The molecule has 5 nitrogen and oxygen atoms in total. The van der Waals surface area contributed by atoms with Gasteiger partial charge in [-0.1, -0.05) is 31.2 Å². The number of carbonyl (C=O) groups excluding carboxylic acids is 1. The second-order valence-electron chi connectivity index (χ2n) is 7.48. The van der Waals surface area contributed by atoms with Crippen LogP contribution in [0.3, 0.4) is 0 Å². The number of aromatic nitrogens is 2. The summed E-state index contributed by atoms with van der Waals surface area (Å²) in [5.41, 5.74) is 4.15. The van der Waals surface area contributed by atoms with E-state index in [-0.39, 0.29) is 5.91 Å². The van der Waals surface area contributed by atoms with Crippen molar-refractivity contribution in [1.82, 2.24) is 20.0 Å². The smallest absolute Gasteiger partial charge is 0.251 e. The molecule has 1 N–H and O–H groups in total. The molecule has 0 radical (unpaired) electrons. The molecule has 1 aromatic heterocycles. The Labute approximate surface area is 173 Å². The number of hydrogen-bond acceptors (Lipinski definition) is 3. The molecule has 0 saturated heterocycles. The Morgan fingerprint density at radius 3 is 2.34 bits per heavy atom. The lowest BCUT2D eigenvalue weighted by molar-refractivity contribution is 0.0954. The zero-order valence-electron chi connectivity index (χ0n) is 17.5. The van der Waals surface area contributed by atoms with E-state index in [0.29, 0.717) is 18.2 Å². The second-order valence-corrected chi connectivity index (χ2v) is 7.48. The first-order valence-corrected chi connectivity index (χ1v) is 10.3. The monoisotopic (exact) mass is 390 g/mol. The van der Waals surface area contributed by atoms with Crippen molar-refractivity contribution in [3.63, 3.8) is 0 Å². The maximum Gasteiger partial charge on any atom is 0.251 e. The van der Waals surface area contributed by atoms with E-state index in [0.717, 1.165) is 25.2 Å². The van der Waals surface area contributed by atoms with Gasteiger partial charge in [0.05, 0.1) is 5.69 Å². The van der Waals surface area contributed by atoms with E-state index in [9.17, 15) is 4.79 Å². The molecule has 1 heterocycles. The van der Waals surface area contributed by atoms with Gasteiger partial charge in [0.1, 0.15) is 0 Å². The van der Waals surface area contributed by atoms with Crippen LogP contribution >= 0.6 is 0 Å². The van der Waals surface area contributed by atoms with Crippen molar-refractivity contribution in [3.8, 4) is 5.69 Å². The van der Waals surface area contributed by atoms with Crippen LogP contribution in [0.4, 0.5) is 0 Å². The molecule has 152 valence electrons. The standard InChI is InChI=1S/C24H30N4O/c1-4-27(19(2)3)18-21-6-10-22(11-7-21)24(29)25-16-14-20-8-12-23(13-9-20)28-17-5-15-26-28/h5-13,15,17,19H,4,14,16,18H2,1-3H3,(H,25,29). The molecule has 3 rings (SSSR count). The highest BCUT2D eigenvalue weighted by Crippen LogP contribution is 2.11. The van der Waals surface area contributed by atoms with Crippen molar-refractivity contribution in [2.24, 2.45) is 0 Å². The molecular weight excluding hydrogens is 360 g/mol. The summed E-state index contributed by atoms with van der Waals surface area (Å²) in [5.74, 6) is -0.0269. The largest absolute Gasteiger partial charge is 0.352 e. The zero-order valence-corrected chi connectivity index (χ0v) is 17.5. The lowest BCUT2D eigenvalue weighted by atomic mass is 10.1. The van der Waals surface area contributed by atoms with Crippen LogP contribution in [0.1, 0.15) is 42.3 Å². The van der Waals surface area contributed by atoms with Gasteiger partial charge in [-0.25, -0.2) is 4.68 Å². The highest BCUT2D eigenvalue weighted by molar-refractivity contribution is 5.94. The van der Waals surface area contributed by atoms with E-state index in [1.807, 2.05) is 53.3 Å². The first-order valence-electron chi connectivity index (χ1n) is 10.3. The molecular formula is C24H30N4O. The van der Waals surface area contributed by atoms with Crippen molar-refractivity contribution in [1.29, 1.82) is 0 Å². The van der Waals surface area contributed by atoms with Crippen LogP contribution in [-0.2, 0) is 13.0 Å². The van der Waals surface area contributed by atoms with Gasteiger partial charge in [0.2, 0.25) is 0 Å². The lowest BCUT2D eigenvalue weighted by Crippen LogP contribution is -2.30. The highest BCUT2D eigenvalue weighted by atomic mass is 16.1. The molecule has 5 heteroatoms. The number of nitrogens with one attached hydrogen (secondary N) is 1. The van der Waals surface area contributed by atoms with E-state index in [1.54, 1.807) is 6.20 Å². The van der Waals surface area contributed by atoms with Gasteiger partial charge < -0.3 is 5.32 Å². The van der Waals surface area contributed by atoms with Gasteiger partial charge in [-0.3, -0.25) is 9.69 Å². The summed E-state index contributed by atoms with van der Waals surface area (Å²) in [6.07, 6.45) is 4.48. The fraction of sp³-hybridized carbons (Fsp3) is 0.333. The first kappa shape index (κ1) is 20.8. The van der Waals surface area contributed by atoms with Crippen molar-refractivity contribution in [2.75, 3.05) is 13.1 Å². The van der Waals surface area contributed by atoms with E-state index in [4.69, 9.17) is 0 Å². The summed E-state index contributed by atoms with van der Waals surface area (Å²) < 4.78 is 1.83. The van der Waals surface area contributed by atoms with E-state index < -0.39 is 0 Å². The van der Waals surface area contributed by atoms with Crippen molar-refractivity contribution < 1.29 is 4.79 Å². The molecule has 0 aliphatic rings. The van der Waals surface area contributed by atoms with Crippen LogP contribution in [0.15, 0.2) is 67.0 Å². The van der Waals surface area contributed by atoms with Crippen LogP contribution in [0, 0.1) is 0 Å². The molecule has 0 atom stereocenters. The van der Waals surface area contributed by atoms with Crippen LogP contribution in [0.25, 0.3) is 5.69 Å². The number of nitrogens with zero attached hydrogens (tertiary/aromatic N) is 3. The summed E-state index contributed by atoms with van der Waals surface area (Å²) in [6, 6.07) is 18.6. The fourth-order valence-electron chi connectivity index (χ4n) is 3.31. The van der Waals surface area contributed by atoms with Gasteiger partial charge in [-0.2, -0.15) is 5.10 Å². The topological polar surface area (TPSA) is 50.2 Å². The van der Waals surface area contributed by atoms with E-state index in [2.05, 4.69) is 48.2 Å². The van der Waals surface area contributed by atoms with Gasteiger partial charge in [0.15, 0.2) is 0 Å². The second kappa shape index (κ2) is 10.0. The average molecular weight is 391 g/mol. The molecule has 0 unspecified atom stereocenters. The summed E-state index contributed by atoms with van der Waals surface area (Å²) in [6.45, 7) is 9.12. The number of rotatable bonds is 9. The first-order chi connectivity index (χ1) is 14.1. The molecule has 0 spiro atoms. The Hall–Kier alpha value is -2.92. The summed E-state index contributed by atoms with van der Waals surface area (Å²) >= 11 is 0. The Morgan fingerprint density at radius 2 is 1.76 bits per heavy atom. The molecule has 2 aromatic carbocycles. The molecule has 3 aromatic rings. The normalized spacial score (nSPS) is 11.2. The van der Waals surface area contributed by atoms with Crippen LogP contribution < -0.4 is 5.32 Å². The Morgan fingerprint density at radius 1 is 1.07 bits per heavy atom. The lowest BCUT2D eigenvalue weighted by Gasteiger charge is -2.24. The van der Waals surface area contributed by atoms with Crippen molar-refractivity contribution >= 4 is 5.91 Å². The highest BCUT2D eigenvalue weighted by Gasteiger charge is 2.09. The van der Waals surface area contributed by atoms with Crippen LogP contribution in [0.5, 0.6) is 0 Å². The molecule has 0 bridgehead atoms. The van der Waals surface area contributed by atoms with Gasteiger partial charge in [0, 0.05) is 37.1 Å². The third-order valence-electron chi connectivity index (χ3n) is 5.14. The van der Waals surface area contributed by atoms with Crippen LogP contribution in [-0.4, -0.2) is 39.7 Å². The molecule has 1 amide bonds. The van der Waals surface area contributed by atoms with E-state index >= 15 is 0 Å². The average Bonchev–Trinajstić information content (AvgIpc) is 3.27. The third-order valence-corrected chi connectivity index (χ3v) is 5.14. The Kier molecular flexibility index (Phi) is 7.19.